The summed E-state index contributed by atoms with van der Waals surface area (Å²) in [6, 6.07) is -0.685. The van der Waals surface area contributed by atoms with E-state index in [9.17, 15) is 19.2 Å². The summed E-state index contributed by atoms with van der Waals surface area (Å²) >= 11 is 0. The largest absolute Gasteiger partial charge is 0.392 e. The van der Waals surface area contributed by atoms with Gasteiger partial charge in [0.15, 0.2) is 0 Å². The maximum Gasteiger partial charge on any atom is 0.330 e. The van der Waals surface area contributed by atoms with Crippen LogP contribution in [-0.2, 0) is 28.7 Å². The van der Waals surface area contributed by atoms with Crippen LogP contribution in [0.1, 0.15) is 70.6 Å². The Labute approximate surface area is 159 Å². The van der Waals surface area contributed by atoms with E-state index in [4.69, 9.17) is 9.47 Å². The van der Waals surface area contributed by atoms with Crippen LogP contribution in [-0.4, -0.2) is 49.1 Å². The summed E-state index contributed by atoms with van der Waals surface area (Å²) in [7, 11) is 0. The third-order valence-corrected chi connectivity index (χ3v) is 4.88. The second-order valence-corrected chi connectivity index (χ2v) is 7.15. The standard InChI is InChI=1S/C19H30N2O6/c22-16(26-18(24)14-8-6-12-20-14)10-4-2-1-3-5-11-17(23)27-19(25)15-9-7-13-21-15/h14-15,20-21H,1-13H2/t14-,15-/m0/s1. The smallest absolute Gasteiger partial charge is 0.330 e. The number of rotatable bonds is 10. The molecule has 0 radical (unpaired) electrons. The van der Waals surface area contributed by atoms with E-state index in [0.29, 0.717) is 12.8 Å². The third-order valence-electron chi connectivity index (χ3n) is 4.88. The highest BCUT2D eigenvalue weighted by Crippen LogP contribution is 2.11. The van der Waals surface area contributed by atoms with Crippen molar-refractivity contribution in [2.45, 2.75) is 82.7 Å². The predicted molar refractivity (Wildman–Crippen MR) is 96.6 cm³/mol. The van der Waals surface area contributed by atoms with E-state index in [1.54, 1.807) is 0 Å². The molecule has 2 aliphatic heterocycles. The van der Waals surface area contributed by atoms with Crippen LogP contribution in [0.4, 0.5) is 0 Å². The molecule has 2 fully saturated rings. The van der Waals surface area contributed by atoms with Crippen molar-refractivity contribution in [3.8, 4) is 0 Å². The number of esters is 4. The quantitative estimate of drug-likeness (QED) is 0.331. The summed E-state index contributed by atoms with van der Waals surface area (Å²) in [6.45, 7) is 1.57. The van der Waals surface area contributed by atoms with Gasteiger partial charge >= 0.3 is 23.9 Å². The van der Waals surface area contributed by atoms with Crippen molar-refractivity contribution >= 4 is 23.9 Å². The molecule has 27 heavy (non-hydrogen) atoms. The summed E-state index contributed by atoms with van der Waals surface area (Å²) < 4.78 is 9.67. The number of hydrogen-bond acceptors (Lipinski definition) is 8. The van der Waals surface area contributed by atoms with E-state index < -0.39 is 23.9 Å². The zero-order valence-electron chi connectivity index (χ0n) is 15.8. The van der Waals surface area contributed by atoms with E-state index in [1.807, 2.05) is 0 Å². The number of ether oxygens (including phenoxy) is 2. The second-order valence-electron chi connectivity index (χ2n) is 7.15. The first-order valence-corrected chi connectivity index (χ1v) is 10.0. The first kappa shape index (κ1) is 21.5. The molecule has 0 unspecified atom stereocenters. The van der Waals surface area contributed by atoms with E-state index in [0.717, 1.165) is 58.0 Å². The SMILES string of the molecule is O=C(CCCCCCCC(=O)OC(=O)[C@@H]1CCCN1)OC(=O)[C@@H]1CCCN1. The molecule has 0 amide bonds. The van der Waals surface area contributed by atoms with E-state index in [1.165, 1.54) is 0 Å². The monoisotopic (exact) mass is 382 g/mol. The fraction of sp³-hybridized carbons (Fsp3) is 0.789. The predicted octanol–water partition coefficient (Wildman–Crippen LogP) is 1.36. The molecule has 0 aromatic carbocycles. The Bertz CT molecular complexity index is 478. The molecule has 2 N–H and O–H groups in total. The fourth-order valence-electron chi connectivity index (χ4n) is 3.31. The Morgan fingerprint density at radius 3 is 1.44 bits per heavy atom. The molecule has 2 rings (SSSR count). The van der Waals surface area contributed by atoms with Gasteiger partial charge in [0.1, 0.15) is 12.1 Å². The number of carbonyl (C=O) groups is 4. The Balaban J connectivity index is 1.42. The summed E-state index contributed by atoms with van der Waals surface area (Å²) in [5, 5.41) is 6.00. The number of nitrogens with one attached hydrogen (secondary N) is 2. The zero-order chi connectivity index (χ0) is 19.5. The number of unbranched alkanes of at least 4 members (excludes halogenated alkanes) is 4. The molecule has 0 bridgehead atoms. The van der Waals surface area contributed by atoms with Crippen molar-refractivity contribution in [1.29, 1.82) is 0 Å². The van der Waals surface area contributed by atoms with Crippen molar-refractivity contribution in [3.05, 3.63) is 0 Å². The maximum absolute atomic E-state index is 11.7. The zero-order valence-corrected chi connectivity index (χ0v) is 15.8. The van der Waals surface area contributed by atoms with Crippen LogP contribution in [0.25, 0.3) is 0 Å². The second kappa shape index (κ2) is 11.8. The van der Waals surface area contributed by atoms with Gasteiger partial charge in [-0.3, -0.25) is 9.59 Å². The van der Waals surface area contributed by atoms with Gasteiger partial charge in [-0.15, -0.1) is 0 Å². The number of carbonyl (C=O) groups excluding carboxylic acids is 4. The fourth-order valence-corrected chi connectivity index (χ4v) is 3.31. The van der Waals surface area contributed by atoms with Crippen LogP contribution in [0.5, 0.6) is 0 Å². The first-order valence-electron chi connectivity index (χ1n) is 10.0. The summed E-state index contributed by atoms with van der Waals surface area (Å²) in [4.78, 5) is 46.6. The van der Waals surface area contributed by atoms with Crippen LogP contribution in [0, 0.1) is 0 Å². The first-order chi connectivity index (χ1) is 13.1. The lowest BCUT2D eigenvalue weighted by molar-refractivity contribution is -0.162. The molecular formula is C19H30N2O6. The molecule has 0 aromatic heterocycles. The van der Waals surface area contributed by atoms with Gasteiger partial charge in [-0.25, -0.2) is 9.59 Å². The summed E-state index contributed by atoms with van der Waals surface area (Å²) in [5.41, 5.74) is 0. The van der Waals surface area contributed by atoms with Crippen LogP contribution >= 0.6 is 0 Å². The van der Waals surface area contributed by atoms with Gasteiger partial charge in [-0.1, -0.05) is 19.3 Å². The molecule has 152 valence electrons. The normalized spacial score (nSPS) is 21.8. The molecule has 2 atom stereocenters. The molecule has 0 saturated carbocycles. The van der Waals surface area contributed by atoms with Crippen molar-refractivity contribution < 1.29 is 28.7 Å². The van der Waals surface area contributed by atoms with Crippen molar-refractivity contribution in [3.63, 3.8) is 0 Å². The lowest BCUT2D eigenvalue weighted by Gasteiger charge is -2.09. The Morgan fingerprint density at radius 2 is 1.07 bits per heavy atom. The molecule has 2 heterocycles. The van der Waals surface area contributed by atoms with Gasteiger partial charge in [0.05, 0.1) is 0 Å². The maximum atomic E-state index is 11.7. The Morgan fingerprint density at radius 1 is 0.667 bits per heavy atom. The lowest BCUT2D eigenvalue weighted by atomic mass is 10.1. The molecule has 8 heteroatoms. The van der Waals surface area contributed by atoms with Gasteiger partial charge in [0.25, 0.3) is 0 Å². The van der Waals surface area contributed by atoms with Gasteiger partial charge in [-0.05, 0) is 51.6 Å². The molecular weight excluding hydrogens is 352 g/mol. The van der Waals surface area contributed by atoms with Gasteiger partial charge in [0.2, 0.25) is 0 Å². The van der Waals surface area contributed by atoms with Crippen molar-refractivity contribution in [2.24, 2.45) is 0 Å². The topological polar surface area (TPSA) is 111 Å². The van der Waals surface area contributed by atoms with Gasteiger partial charge in [0, 0.05) is 12.8 Å². The minimum absolute atomic E-state index is 0.226. The highest BCUT2D eigenvalue weighted by atomic mass is 16.6. The van der Waals surface area contributed by atoms with Crippen LogP contribution in [0.2, 0.25) is 0 Å². The van der Waals surface area contributed by atoms with Crippen LogP contribution in [0.15, 0.2) is 0 Å². The van der Waals surface area contributed by atoms with E-state index in [2.05, 4.69) is 10.6 Å². The van der Waals surface area contributed by atoms with Crippen LogP contribution in [0.3, 0.4) is 0 Å². The average molecular weight is 382 g/mol. The van der Waals surface area contributed by atoms with E-state index >= 15 is 0 Å². The van der Waals surface area contributed by atoms with E-state index in [-0.39, 0.29) is 24.9 Å². The van der Waals surface area contributed by atoms with Gasteiger partial charge in [-0.2, -0.15) is 0 Å². The van der Waals surface area contributed by atoms with Gasteiger partial charge < -0.3 is 20.1 Å². The molecule has 2 saturated heterocycles. The average Bonchev–Trinajstić information content (AvgIpc) is 3.34. The van der Waals surface area contributed by atoms with Crippen molar-refractivity contribution in [1.82, 2.24) is 10.6 Å². The molecule has 2 aliphatic rings. The van der Waals surface area contributed by atoms with Crippen LogP contribution < -0.4 is 10.6 Å². The number of hydrogen-bond donors (Lipinski definition) is 2. The minimum atomic E-state index is -0.476. The lowest BCUT2D eigenvalue weighted by Crippen LogP contribution is -2.33. The Hall–Kier alpha value is -1.80. The molecule has 0 spiro atoms. The third kappa shape index (κ3) is 8.17. The minimum Gasteiger partial charge on any atom is -0.392 e. The Kier molecular flexibility index (Phi) is 9.41. The molecule has 0 aliphatic carbocycles. The van der Waals surface area contributed by atoms with Crippen molar-refractivity contribution in [2.75, 3.05) is 13.1 Å². The molecule has 0 aromatic rings. The highest BCUT2D eigenvalue weighted by Gasteiger charge is 2.26. The summed E-state index contributed by atoms with van der Waals surface area (Å²) in [6.07, 6.45) is 7.56. The highest BCUT2D eigenvalue weighted by molar-refractivity contribution is 5.89. The molecule has 8 nitrogen and oxygen atoms in total. The summed E-state index contributed by atoms with van der Waals surface area (Å²) in [5.74, 6) is -1.90.